The van der Waals surface area contributed by atoms with Crippen LogP contribution >= 0.6 is 0 Å². The molecule has 0 heterocycles. The molecular formula is C10H20O2Si. The third kappa shape index (κ3) is 4.57. The molecule has 0 N–H and O–H groups in total. The summed E-state index contributed by atoms with van der Waals surface area (Å²) in [6, 6.07) is 0. The van der Waals surface area contributed by atoms with Gasteiger partial charge in [0.1, 0.15) is 5.78 Å². The van der Waals surface area contributed by atoms with E-state index in [4.69, 9.17) is 4.74 Å². The molecule has 1 aliphatic rings. The van der Waals surface area contributed by atoms with Gasteiger partial charge in [0.05, 0.1) is 8.07 Å². The van der Waals surface area contributed by atoms with E-state index in [9.17, 15) is 4.79 Å². The van der Waals surface area contributed by atoms with Crippen LogP contribution in [-0.2, 0) is 9.53 Å². The van der Waals surface area contributed by atoms with E-state index in [1.807, 2.05) is 0 Å². The number of carbonyl (C=O) groups excluding carboxylic acids is 1. The topological polar surface area (TPSA) is 26.3 Å². The average Bonchev–Trinajstić information content (AvgIpc) is 2.33. The van der Waals surface area contributed by atoms with Gasteiger partial charge in [-0.2, -0.15) is 0 Å². The maximum Gasteiger partial charge on any atom is 0.133 e. The zero-order valence-electron chi connectivity index (χ0n) is 8.93. The molecule has 0 bridgehead atoms. The summed E-state index contributed by atoms with van der Waals surface area (Å²) in [5.74, 6) is 0.936. The van der Waals surface area contributed by atoms with Crippen LogP contribution in [0.3, 0.4) is 0 Å². The second kappa shape index (κ2) is 4.38. The molecule has 0 amide bonds. The first-order valence-electron chi connectivity index (χ1n) is 5.07. The molecule has 0 radical (unpaired) electrons. The van der Waals surface area contributed by atoms with Gasteiger partial charge < -0.3 is 4.74 Å². The van der Waals surface area contributed by atoms with Crippen molar-refractivity contribution in [3.8, 4) is 0 Å². The van der Waals surface area contributed by atoms with Crippen LogP contribution in [-0.4, -0.2) is 26.7 Å². The molecular weight excluding hydrogens is 180 g/mol. The molecule has 1 rings (SSSR count). The molecule has 3 heteroatoms. The number of hydrogen-bond donors (Lipinski definition) is 0. The summed E-state index contributed by atoms with van der Waals surface area (Å²) in [5.41, 5.74) is 0. The van der Waals surface area contributed by atoms with Crippen molar-refractivity contribution in [3.05, 3.63) is 0 Å². The third-order valence-corrected chi connectivity index (χ3v) is 3.31. The maximum atomic E-state index is 11.0. The molecule has 0 spiro atoms. The highest BCUT2D eigenvalue weighted by molar-refractivity contribution is 6.76. The Kier molecular flexibility index (Phi) is 3.68. The van der Waals surface area contributed by atoms with Crippen LogP contribution < -0.4 is 0 Å². The lowest BCUT2D eigenvalue weighted by Crippen LogP contribution is -2.29. The molecule has 1 atom stereocenters. The van der Waals surface area contributed by atoms with Crippen LogP contribution in [0.1, 0.15) is 19.3 Å². The lowest BCUT2D eigenvalue weighted by atomic mass is 10.1. The maximum absolute atomic E-state index is 11.0. The van der Waals surface area contributed by atoms with Crippen LogP contribution in [0.2, 0.25) is 19.6 Å². The summed E-state index contributed by atoms with van der Waals surface area (Å²) in [5, 5.41) is 0. The van der Waals surface area contributed by atoms with Crippen molar-refractivity contribution in [3.63, 3.8) is 0 Å². The van der Waals surface area contributed by atoms with Crippen molar-refractivity contribution < 1.29 is 9.53 Å². The fourth-order valence-corrected chi connectivity index (χ4v) is 2.30. The second-order valence-electron chi connectivity index (χ2n) is 5.22. The first-order chi connectivity index (χ1) is 5.97. The van der Waals surface area contributed by atoms with Gasteiger partial charge in [-0.15, -0.1) is 0 Å². The van der Waals surface area contributed by atoms with Gasteiger partial charge in [0.2, 0.25) is 0 Å². The molecule has 13 heavy (non-hydrogen) atoms. The highest BCUT2D eigenvalue weighted by atomic mass is 28.3. The van der Waals surface area contributed by atoms with E-state index in [-0.39, 0.29) is 0 Å². The first-order valence-corrected chi connectivity index (χ1v) is 8.77. The zero-order valence-corrected chi connectivity index (χ0v) is 9.93. The van der Waals surface area contributed by atoms with Crippen LogP contribution in [0.15, 0.2) is 0 Å². The van der Waals surface area contributed by atoms with Crippen molar-refractivity contribution in [2.75, 3.05) is 12.8 Å². The van der Waals surface area contributed by atoms with E-state index in [0.29, 0.717) is 11.7 Å². The highest BCUT2D eigenvalue weighted by Crippen LogP contribution is 2.22. The second-order valence-corrected chi connectivity index (χ2v) is 10.6. The smallest absolute Gasteiger partial charge is 0.133 e. The van der Waals surface area contributed by atoms with Crippen molar-refractivity contribution in [1.82, 2.24) is 0 Å². The first kappa shape index (κ1) is 10.9. The SMILES string of the molecule is C[Si](C)(C)COC[C@@H]1CCC(=O)C1. The summed E-state index contributed by atoms with van der Waals surface area (Å²) in [6.07, 6.45) is 3.51. The summed E-state index contributed by atoms with van der Waals surface area (Å²) < 4.78 is 5.64. The van der Waals surface area contributed by atoms with Gasteiger partial charge in [-0.3, -0.25) is 4.79 Å². The van der Waals surface area contributed by atoms with Gasteiger partial charge in [-0.25, -0.2) is 0 Å². The van der Waals surface area contributed by atoms with Crippen molar-refractivity contribution >= 4 is 13.9 Å². The normalized spacial score (nSPS) is 23.9. The largest absolute Gasteiger partial charge is 0.384 e. The quantitative estimate of drug-likeness (QED) is 0.651. The van der Waals surface area contributed by atoms with Crippen molar-refractivity contribution in [1.29, 1.82) is 0 Å². The van der Waals surface area contributed by atoms with Gasteiger partial charge in [-0.1, -0.05) is 19.6 Å². The summed E-state index contributed by atoms with van der Waals surface area (Å²) in [4.78, 5) is 11.0. The standard InChI is InChI=1S/C10H20O2Si/c1-13(2,3)8-12-7-9-4-5-10(11)6-9/h9H,4-8H2,1-3H3/t9-/m1/s1. The molecule has 1 saturated carbocycles. The lowest BCUT2D eigenvalue weighted by molar-refractivity contribution is -0.117. The Morgan fingerprint density at radius 3 is 2.62 bits per heavy atom. The molecule has 1 fully saturated rings. The fraction of sp³-hybridized carbons (Fsp3) is 0.900. The van der Waals surface area contributed by atoms with Crippen LogP contribution in [0.5, 0.6) is 0 Å². The Morgan fingerprint density at radius 1 is 1.46 bits per heavy atom. The number of ether oxygens (including phenoxy) is 1. The average molecular weight is 200 g/mol. The Balaban J connectivity index is 2.10. The van der Waals surface area contributed by atoms with Crippen molar-refractivity contribution in [2.24, 2.45) is 5.92 Å². The third-order valence-electron chi connectivity index (χ3n) is 2.24. The minimum absolute atomic E-state index is 0.418. The molecule has 0 aromatic carbocycles. The van der Waals surface area contributed by atoms with Crippen LogP contribution in [0.25, 0.3) is 0 Å². The monoisotopic (exact) mass is 200 g/mol. The van der Waals surface area contributed by atoms with E-state index in [1.54, 1.807) is 0 Å². The number of ketones is 1. The zero-order chi connectivity index (χ0) is 9.90. The van der Waals surface area contributed by atoms with E-state index in [0.717, 1.165) is 32.1 Å². The van der Waals surface area contributed by atoms with Gasteiger partial charge >= 0.3 is 0 Å². The van der Waals surface area contributed by atoms with Gasteiger partial charge in [-0.05, 0) is 12.3 Å². The number of rotatable bonds is 4. The molecule has 0 aromatic rings. The fourth-order valence-electron chi connectivity index (χ4n) is 1.57. The Labute approximate surface area is 81.7 Å². The molecule has 0 saturated heterocycles. The van der Waals surface area contributed by atoms with E-state index in [1.165, 1.54) is 0 Å². The predicted molar refractivity (Wildman–Crippen MR) is 56.5 cm³/mol. The highest BCUT2D eigenvalue weighted by Gasteiger charge is 2.23. The predicted octanol–water partition coefficient (Wildman–Crippen LogP) is 2.25. The lowest BCUT2D eigenvalue weighted by Gasteiger charge is -2.17. The Bertz CT molecular complexity index is 184. The van der Waals surface area contributed by atoms with Gasteiger partial charge in [0.15, 0.2) is 0 Å². The number of carbonyl (C=O) groups is 1. The van der Waals surface area contributed by atoms with E-state index < -0.39 is 8.07 Å². The van der Waals surface area contributed by atoms with Gasteiger partial charge in [0.25, 0.3) is 0 Å². The minimum atomic E-state index is -1.05. The molecule has 0 aliphatic heterocycles. The number of Topliss-reactive ketones (excluding diaryl/α,β-unsaturated/α-hetero) is 1. The summed E-state index contributed by atoms with van der Waals surface area (Å²) in [7, 11) is -1.05. The summed E-state index contributed by atoms with van der Waals surface area (Å²) in [6.45, 7) is 7.70. The van der Waals surface area contributed by atoms with Crippen molar-refractivity contribution in [2.45, 2.75) is 38.9 Å². The van der Waals surface area contributed by atoms with E-state index in [2.05, 4.69) is 19.6 Å². The Morgan fingerprint density at radius 2 is 2.15 bits per heavy atom. The molecule has 76 valence electrons. The van der Waals surface area contributed by atoms with Crippen LogP contribution in [0.4, 0.5) is 0 Å². The van der Waals surface area contributed by atoms with Gasteiger partial charge in [0, 0.05) is 25.7 Å². The number of hydrogen-bond acceptors (Lipinski definition) is 2. The molecule has 1 aliphatic carbocycles. The minimum Gasteiger partial charge on any atom is -0.384 e. The van der Waals surface area contributed by atoms with Crippen LogP contribution in [0, 0.1) is 5.92 Å². The van der Waals surface area contributed by atoms with E-state index >= 15 is 0 Å². The molecule has 0 unspecified atom stereocenters. The Hall–Kier alpha value is -0.153. The molecule has 0 aromatic heterocycles. The summed E-state index contributed by atoms with van der Waals surface area (Å²) >= 11 is 0. The molecule has 2 nitrogen and oxygen atoms in total.